The molecular formula is C33H66N2O4+2. The Bertz CT molecular complexity index is 676. The topological polar surface area (TPSA) is 52.6 Å². The molecule has 0 bridgehead atoms. The van der Waals surface area contributed by atoms with Gasteiger partial charge in [0.25, 0.3) is 0 Å². The molecule has 6 nitrogen and oxygen atoms in total. The van der Waals surface area contributed by atoms with Crippen LogP contribution in [0.1, 0.15) is 120 Å². The monoisotopic (exact) mass is 555 g/mol. The summed E-state index contributed by atoms with van der Waals surface area (Å²) in [4.78, 5) is 23.7. The lowest BCUT2D eigenvalue weighted by molar-refractivity contribution is -0.925. The van der Waals surface area contributed by atoms with Gasteiger partial charge < -0.3 is 18.4 Å². The Morgan fingerprint density at radius 1 is 0.590 bits per heavy atom. The summed E-state index contributed by atoms with van der Waals surface area (Å²) in [5, 5.41) is 0. The normalized spacial score (nSPS) is 12.4. The second-order valence-electron chi connectivity index (χ2n) is 12.7. The summed E-state index contributed by atoms with van der Waals surface area (Å²) in [6, 6.07) is 0. The number of likely N-dealkylation sites (N-methyl/N-ethyl adjacent to an activating group) is 2. The van der Waals surface area contributed by atoms with Gasteiger partial charge in [-0.1, -0.05) is 45.1 Å². The molecule has 0 unspecified atom stereocenters. The first-order valence-electron chi connectivity index (χ1n) is 16.1. The quantitative estimate of drug-likeness (QED) is 0.0543. The van der Waals surface area contributed by atoms with Crippen LogP contribution in [-0.2, 0) is 19.1 Å². The van der Waals surface area contributed by atoms with E-state index in [2.05, 4.69) is 34.3 Å². The number of ether oxygens (including phenoxy) is 2. The number of unbranched alkanes of at least 4 members (excludes halogenated alkanes) is 9. The van der Waals surface area contributed by atoms with Gasteiger partial charge in [0.2, 0.25) is 0 Å². The SMILES string of the molecule is C=C(C)C(=O)OCC[N+](CC)(CC)CCCCCCCCCCCC[N+](CC)(CC)CCOC(=O)C(C)(C)C. The highest BCUT2D eigenvalue weighted by atomic mass is 16.5. The van der Waals surface area contributed by atoms with Gasteiger partial charge in [-0.25, -0.2) is 4.79 Å². The molecule has 0 aromatic heterocycles. The number of rotatable bonds is 24. The zero-order valence-corrected chi connectivity index (χ0v) is 27.4. The van der Waals surface area contributed by atoms with Crippen molar-refractivity contribution in [2.45, 2.75) is 120 Å². The molecule has 0 atom stereocenters. The number of quaternary nitrogens is 2. The van der Waals surface area contributed by atoms with Crippen LogP contribution in [0.15, 0.2) is 12.2 Å². The molecular weight excluding hydrogens is 488 g/mol. The van der Waals surface area contributed by atoms with E-state index in [1.54, 1.807) is 6.92 Å². The van der Waals surface area contributed by atoms with Crippen molar-refractivity contribution < 1.29 is 28.0 Å². The minimum absolute atomic E-state index is 0.0965. The molecule has 0 aliphatic carbocycles. The number of hydrogen-bond donors (Lipinski definition) is 0. The van der Waals surface area contributed by atoms with Gasteiger partial charge in [0.05, 0.1) is 44.7 Å². The number of hydrogen-bond acceptors (Lipinski definition) is 4. The van der Waals surface area contributed by atoms with Gasteiger partial charge in [0.15, 0.2) is 0 Å². The Kier molecular flexibility index (Phi) is 19.7. The van der Waals surface area contributed by atoms with Crippen molar-refractivity contribution in [1.82, 2.24) is 0 Å². The first kappa shape index (κ1) is 37.6. The van der Waals surface area contributed by atoms with E-state index in [0.717, 1.165) is 48.2 Å². The summed E-state index contributed by atoms with van der Waals surface area (Å²) in [6.45, 7) is 29.7. The fourth-order valence-electron chi connectivity index (χ4n) is 5.25. The third-order valence-corrected chi connectivity index (χ3v) is 8.76. The average Bonchev–Trinajstić information content (AvgIpc) is 2.90. The van der Waals surface area contributed by atoms with Crippen LogP contribution < -0.4 is 0 Å². The lowest BCUT2D eigenvalue weighted by atomic mass is 9.97. The molecule has 0 amide bonds. The third kappa shape index (κ3) is 16.5. The zero-order valence-electron chi connectivity index (χ0n) is 27.4. The minimum Gasteiger partial charge on any atom is -0.459 e. The maximum absolute atomic E-state index is 12.1. The van der Waals surface area contributed by atoms with E-state index in [9.17, 15) is 9.59 Å². The molecule has 39 heavy (non-hydrogen) atoms. The van der Waals surface area contributed by atoms with Crippen LogP contribution in [0.4, 0.5) is 0 Å². The van der Waals surface area contributed by atoms with Gasteiger partial charge in [-0.2, -0.15) is 0 Å². The average molecular weight is 555 g/mol. The first-order valence-corrected chi connectivity index (χ1v) is 16.1. The van der Waals surface area contributed by atoms with Crippen molar-refractivity contribution in [1.29, 1.82) is 0 Å². The summed E-state index contributed by atoms with van der Waals surface area (Å²) in [6.07, 6.45) is 13.1. The maximum Gasteiger partial charge on any atom is 0.333 e. The third-order valence-electron chi connectivity index (χ3n) is 8.76. The molecule has 0 aliphatic heterocycles. The maximum atomic E-state index is 12.1. The standard InChI is InChI=1S/C33H66N2O4/c1-10-34(11-2,26-28-38-31(36)30(5)6)24-22-20-18-16-14-15-17-19-21-23-25-35(12-3,13-4)27-29-39-32(37)33(7,8)9/h5,10-29H2,1-4,6-9H3/q+2. The molecule has 230 valence electrons. The highest BCUT2D eigenvalue weighted by Gasteiger charge is 2.27. The Balaban J connectivity index is 3.98. The van der Waals surface area contributed by atoms with E-state index in [-0.39, 0.29) is 11.9 Å². The predicted molar refractivity (Wildman–Crippen MR) is 165 cm³/mol. The van der Waals surface area contributed by atoms with Gasteiger partial charge in [0, 0.05) is 5.57 Å². The first-order chi connectivity index (χ1) is 18.4. The van der Waals surface area contributed by atoms with Crippen molar-refractivity contribution in [3.05, 3.63) is 12.2 Å². The highest BCUT2D eigenvalue weighted by molar-refractivity contribution is 5.86. The van der Waals surface area contributed by atoms with Crippen molar-refractivity contribution >= 4 is 11.9 Å². The minimum atomic E-state index is -0.423. The molecule has 0 spiro atoms. The second kappa shape index (κ2) is 20.5. The molecule has 0 aromatic carbocycles. The van der Waals surface area contributed by atoms with E-state index in [1.165, 1.54) is 77.3 Å². The molecule has 0 radical (unpaired) electrons. The number of nitrogens with zero attached hydrogens (tertiary/aromatic N) is 2. The van der Waals surface area contributed by atoms with E-state index < -0.39 is 5.41 Å². The lowest BCUT2D eigenvalue weighted by Crippen LogP contribution is -2.50. The highest BCUT2D eigenvalue weighted by Crippen LogP contribution is 2.17. The molecule has 0 heterocycles. The lowest BCUT2D eigenvalue weighted by Gasteiger charge is -2.37. The largest absolute Gasteiger partial charge is 0.459 e. The van der Waals surface area contributed by atoms with Crippen LogP contribution in [0.5, 0.6) is 0 Å². The molecule has 0 fully saturated rings. The van der Waals surface area contributed by atoms with E-state index >= 15 is 0 Å². The van der Waals surface area contributed by atoms with E-state index in [0.29, 0.717) is 18.8 Å². The van der Waals surface area contributed by atoms with Crippen LogP contribution in [0.2, 0.25) is 0 Å². The molecule has 0 saturated heterocycles. The van der Waals surface area contributed by atoms with Gasteiger partial charge in [-0.05, 0) is 81.1 Å². The van der Waals surface area contributed by atoms with Gasteiger partial charge >= 0.3 is 11.9 Å². The van der Waals surface area contributed by atoms with Crippen molar-refractivity contribution in [3.8, 4) is 0 Å². The fraction of sp³-hybridized carbons (Fsp3) is 0.879. The summed E-state index contributed by atoms with van der Waals surface area (Å²) in [5.74, 6) is -0.369. The number of carbonyl (C=O) groups excluding carboxylic acids is 2. The fourth-order valence-corrected chi connectivity index (χ4v) is 5.25. The zero-order chi connectivity index (χ0) is 29.8. The molecule has 0 N–H and O–H groups in total. The summed E-state index contributed by atoms with van der Waals surface area (Å²) < 4.78 is 13.0. The van der Waals surface area contributed by atoms with Crippen molar-refractivity contribution in [2.75, 3.05) is 65.6 Å². The van der Waals surface area contributed by atoms with Gasteiger partial charge in [-0.3, -0.25) is 4.79 Å². The Morgan fingerprint density at radius 3 is 1.23 bits per heavy atom. The Labute approximate surface area is 242 Å². The van der Waals surface area contributed by atoms with Crippen LogP contribution in [0.3, 0.4) is 0 Å². The summed E-state index contributed by atoms with van der Waals surface area (Å²) in [5.41, 5.74) is 0.0517. The number of carbonyl (C=O) groups is 2. The van der Waals surface area contributed by atoms with Crippen molar-refractivity contribution in [3.63, 3.8) is 0 Å². The van der Waals surface area contributed by atoms with Gasteiger partial charge in [0.1, 0.15) is 26.3 Å². The van der Waals surface area contributed by atoms with Crippen LogP contribution in [0.25, 0.3) is 0 Å². The predicted octanol–water partition coefficient (Wildman–Crippen LogP) is 7.31. The molecule has 0 aromatic rings. The molecule has 0 rings (SSSR count). The van der Waals surface area contributed by atoms with Crippen molar-refractivity contribution in [2.24, 2.45) is 5.41 Å². The summed E-state index contributed by atoms with van der Waals surface area (Å²) in [7, 11) is 0. The van der Waals surface area contributed by atoms with Crippen LogP contribution in [0, 0.1) is 5.41 Å². The molecule has 0 saturated carbocycles. The Hall–Kier alpha value is -1.40. The second-order valence-corrected chi connectivity index (χ2v) is 12.7. The smallest absolute Gasteiger partial charge is 0.333 e. The Morgan fingerprint density at radius 2 is 0.923 bits per heavy atom. The van der Waals surface area contributed by atoms with Gasteiger partial charge in [-0.15, -0.1) is 0 Å². The van der Waals surface area contributed by atoms with E-state index in [4.69, 9.17) is 9.47 Å². The molecule has 6 heteroatoms. The number of esters is 2. The van der Waals surface area contributed by atoms with Crippen LogP contribution in [-0.4, -0.2) is 86.5 Å². The van der Waals surface area contributed by atoms with Crippen LogP contribution >= 0.6 is 0 Å². The molecule has 0 aliphatic rings. The van der Waals surface area contributed by atoms with E-state index in [1.807, 2.05) is 20.8 Å². The summed E-state index contributed by atoms with van der Waals surface area (Å²) >= 11 is 0.